The van der Waals surface area contributed by atoms with E-state index in [4.69, 9.17) is 16.3 Å². The van der Waals surface area contributed by atoms with E-state index in [1.807, 2.05) is 49.4 Å². The van der Waals surface area contributed by atoms with E-state index in [9.17, 15) is 13.2 Å². The Labute approximate surface area is 186 Å². The first kappa shape index (κ1) is 21.8. The number of morpholine rings is 1. The lowest BCUT2D eigenvalue weighted by Gasteiger charge is -2.26. The Morgan fingerprint density at radius 3 is 2.48 bits per heavy atom. The van der Waals surface area contributed by atoms with Crippen LogP contribution in [0.4, 0.5) is 0 Å². The summed E-state index contributed by atoms with van der Waals surface area (Å²) in [5.41, 5.74) is 1.07. The van der Waals surface area contributed by atoms with Crippen molar-refractivity contribution in [2.45, 2.75) is 17.9 Å². The van der Waals surface area contributed by atoms with Gasteiger partial charge >= 0.3 is 0 Å². The summed E-state index contributed by atoms with van der Waals surface area (Å²) in [7, 11) is -3.73. The van der Waals surface area contributed by atoms with Crippen molar-refractivity contribution in [3.63, 3.8) is 0 Å². The van der Waals surface area contributed by atoms with Crippen molar-refractivity contribution in [3.8, 4) is 0 Å². The lowest BCUT2D eigenvalue weighted by atomic mass is 10.0. The Hall–Kier alpha value is -2.45. The minimum atomic E-state index is -3.73. The van der Waals surface area contributed by atoms with Gasteiger partial charge in [0.1, 0.15) is 0 Å². The van der Waals surface area contributed by atoms with Gasteiger partial charge in [-0.15, -0.1) is 0 Å². The number of hydrogen-bond acceptors (Lipinski definition) is 4. The van der Waals surface area contributed by atoms with Crippen LogP contribution in [-0.4, -0.2) is 44.9 Å². The summed E-state index contributed by atoms with van der Waals surface area (Å²) in [6.45, 7) is 3.15. The van der Waals surface area contributed by atoms with Crippen LogP contribution in [-0.2, 0) is 14.8 Å². The number of nitrogens with one attached hydrogen (secondary N) is 1. The summed E-state index contributed by atoms with van der Waals surface area (Å²) in [5.74, 6) is -0.426. The van der Waals surface area contributed by atoms with Crippen LogP contribution in [0, 0.1) is 0 Å². The molecule has 0 aromatic heterocycles. The first-order valence-electron chi connectivity index (χ1n) is 10.0. The smallest absolute Gasteiger partial charge is 0.253 e. The third kappa shape index (κ3) is 4.60. The van der Waals surface area contributed by atoms with Crippen molar-refractivity contribution < 1.29 is 17.9 Å². The number of carbonyl (C=O) groups is 1. The summed E-state index contributed by atoms with van der Waals surface area (Å²) in [5, 5.41) is 5.32. The van der Waals surface area contributed by atoms with Crippen LogP contribution in [0.25, 0.3) is 10.8 Å². The fourth-order valence-electron chi connectivity index (χ4n) is 3.61. The summed E-state index contributed by atoms with van der Waals surface area (Å²) >= 11 is 6.25. The Kier molecular flexibility index (Phi) is 6.29. The second-order valence-electron chi connectivity index (χ2n) is 7.46. The molecule has 1 N–H and O–H groups in total. The lowest BCUT2D eigenvalue weighted by Crippen LogP contribution is -2.40. The van der Waals surface area contributed by atoms with Crippen LogP contribution < -0.4 is 5.32 Å². The molecule has 1 fully saturated rings. The van der Waals surface area contributed by atoms with E-state index < -0.39 is 15.9 Å². The number of carbonyl (C=O) groups excluding carboxylic acids is 1. The average Bonchev–Trinajstić information content (AvgIpc) is 2.79. The molecule has 31 heavy (non-hydrogen) atoms. The molecule has 1 aliphatic rings. The molecule has 6 nitrogen and oxygen atoms in total. The number of benzene rings is 3. The minimum absolute atomic E-state index is 0.0438. The molecule has 1 heterocycles. The molecule has 0 aliphatic carbocycles. The number of fused-ring (bicyclic) bond motifs is 1. The van der Waals surface area contributed by atoms with E-state index in [1.165, 1.54) is 22.5 Å². The monoisotopic (exact) mass is 458 g/mol. The molecular formula is C23H23ClN2O4S. The fourth-order valence-corrected chi connectivity index (χ4v) is 5.25. The van der Waals surface area contributed by atoms with Gasteiger partial charge in [-0.2, -0.15) is 4.31 Å². The SMILES string of the molecule is CC(NC(=O)c1cc(S(=O)(=O)N2CCOCC2)ccc1Cl)c1ccc2ccccc2c1. The number of ether oxygens (including phenoxy) is 1. The minimum Gasteiger partial charge on any atom is -0.379 e. The highest BCUT2D eigenvalue weighted by Gasteiger charge is 2.28. The van der Waals surface area contributed by atoms with Crippen molar-refractivity contribution in [3.05, 3.63) is 76.8 Å². The fraction of sp³-hybridized carbons (Fsp3) is 0.261. The van der Waals surface area contributed by atoms with Crippen LogP contribution in [0.3, 0.4) is 0 Å². The van der Waals surface area contributed by atoms with Crippen LogP contribution >= 0.6 is 11.6 Å². The van der Waals surface area contributed by atoms with Crippen molar-refractivity contribution in [1.82, 2.24) is 9.62 Å². The normalized spacial score (nSPS) is 16.2. The molecule has 1 amide bonds. The standard InChI is InChI=1S/C23H23ClN2O4S/c1-16(18-7-6-17-4-2-3-5-19(17)14-18)25-23(27)21-15-20(8-9-22(21)24)31(28,29)26-10-12-30-13-11-26/h2-9,14-16H,10-13H2,1H3,(H,25,27). The molecule has 1 aliphatic heterocycles. The molecule has 3 aromatic rings. The van der Waals surface area contributed by atoms with Crippen molar-refractivity contribution in [1.29, 1.82) is 0 Å². The Balaban J connectivity index is 1.56. The van der Waals surface area contributed by atoms with E-state index in [0.29, 0.717) is 13.2 Å². The lowest BCUT2D eigenvalue weighted by molar-refractivity contribution is 0.0730. The van der Waals surface area contributed by atoms with Gasteiger partial charge in [-0.3, -0.25) is 4.79 Å². The molecule has 3 aromatic carbocycles. The summed E-state index contributed by atoms with van der Waals surface area (Å²) in [4.78, 5) is 13.0. The highest BCUT2D eigenvalue weighted by Crippen LogP contribution is 2.25. The largest absolute Gasteiger partial charge is 0.379 e. The van der Waals surface area contributed by atoms with E-state index in [2.05, 4.69) is 5.32 Å². The second kappa shape index (κ2) is 8.96. The van der Waals surface area contributed by atoms with Gasteiger partial charge in [-0.25, -0.2) is 8.42 Å². The van der Waals surface area contributed by atoms with E-state index >= 15 is 0 Å². The zero-order valence-electron chi connectivity index (χ0n) is 17.0. The number of rotatable bonds is 5. The topological polar surface area (TPSA) is 75.7 Å². The molecule has 8 heteroatoms. The predicted molar refractivity (Wildman–Crippen MR) is 121 cm³/mol. The van der Waals surface area contributed by atoms with Crippen LogP contribution in [0.2, 0.25) is 5.02 Å². The van der Waals surface area contributed by atoms with Gasteiger partial charge in [0.05, 0.1) is 34.7 Å². The van der Waals surface area contributed by atoms with Crippen LogP contribution in [0.15, 0.2) is 65.6 Å². The highest BCUT2D eigenvalue weighted by atomic mass is 35.5. The van der Waals surface area contributed by atoms with Gasteiger partial charge in [-0.1, -0.05) is 48.0 Å². The Bertz CT molecular complexity index is 1220. The van der Waals surface area contributed by atoms with E-state index in [0.717, 1.165) is 16.3 Å². The van der Waals surface area contributed by atoms with Crippen LogP contribution in [0.5, 0.6) is 0 Å². The Morgan fingerprint density at radius 1 is 1.03 bits per heavy atom. The molecule has 1 saturated heterocycles. The molecule has 4 rings (SSSR count). The van der Waals surface area contributed by atoms with Gasteiger partial charge < -0.3 is 10.1 Å². The van der Waals surface area contributed by atoms with E-state index in [-0.39, 0.29) is 34.6 Å². The number of halogens is 1. The number of hydrogen-bond donors (Lipinski definition) is 1. The van der Waals surface area contributed by atoms with Crippen molar-refractivity contribution in [2.75, 3.05) is 26.3 Å². The maximum absolute atomic E-state index is 12.9. The molecule has 0 radical (unpaired) electrons. The third-order valence-corrected chi connectivity index (χ3v) is 7.64. The van der Waals surface area contributed by atoms with Crippen molar-refractivity contribution >= 4 is 38.3 Å². The van der Waals surface area contributed by atoms with E-state index in [1.54, 1.807) is 0 Å². The molecule has 162 valence electrons. The maximum atomic E-state index is 12.9. The summed E-state index contributed by atoms with van der Waals surface area (Å²) in [6, 6.07) is 17.9. The first-order chi connectivity index (χ1) is 14.9. The quantitative estimate of drug-likeness (QED) is 0.627. The van der Waals surface area contributed by atoms with Gasteiger partial charge in [0.2, 0.25) is 10.0 Å². The zero-order chi connectivity index (χ0) is 22.0. The molecule has 1 atom stereocenters. The highest BCUT2D eigenvalue weighted by molar-refractivity contribution is 7.89. The molecular weight excluding hydrogens is 436 g/mol. The predicted octanol–water partition coefficient (Wildman–Crippen LogP) is 4.01. The summed E-state index contributed by atoms with van der Waals surface area (Å²) < 4.78 is 32.5. The van der Waals surface area contributed by atoms with Crippen molar-refractivity contribution in [2.24, 2.45) is 0 Å². The van der Waals surface area contributed by atoms with Gasteiger partial charge in [-0.05, 0) is 47.5 Å². The third-order valence-electron chi connectivity index (χ3n) is 5.41. The maximum Gasteiger partial charge on any atom is 0.253 e. The number of nitrogens with zero attached hydrogens (tertiary/aromatic N) is 1. The molecule has 0 spiro atoms. The first-order valence-corrected chi connectivity index (χ1v) is 11.8. The molecule has 1 unspecified atom stereocenters. The Morgan fingerprint density at radius 2 is 1.74 bits per heavy atom. The van der Waals surface area contributed by atoms with Gasteiger partial charge in [0, 0.05) is 13.1 Å². The van der Waals surface area contributed by atoms with Gasteiger partial charge in [0.15, 0.2) is 0 Å². The molecule has 0 saturated carbocycles. The summed E-state index contributed by atoms with van der Waals surface area (Å²) in [6.07, 6.45) is 0. The second-order valence-corrected chi connectivity index (χ2v) is 9.80. The number of amides is 1. The average molecular weight is 459 g/mol. The molecule has 0 bridgehead atoms. The van der Waals surface area contributed by atoms with Crippen LogP contribution in [0.1, 0.15) is 28.9 Å². The number of sulfonamides is 1. The van der Waals surface area contributed by atoms with Gasteiger partial charge in [0.25, 0.3) is 5.91 Å². The zero-order valence-corrected chi connectivity index (χ0v) is 18.6.